The average Bonchev–Trinajstić information content (AvgIpc) is 3.36. The molecule has 34 heavy (non-hydrogen) atoms. The predicted molar refractivity (Wildman–Crippen MR) is 146 cm³/mol. The van der Waals surface area contributed by atoms with Gasteiger partial charge in [0.25, 0.3) is 0 Å². The van der Waals surface area contributed by atoms with E-state index in [0.29, 0.717) is 5.71 Å². The maximum absolute atomic E-state index is 5.98. The van der Waals surface area contributed by atoms with Crippen molar-refractivity contribution in [3.05, 3.63) is 89.0 Å². The summed E-state index contributed by atoms with van der Waals surface area (Å²) in [5.74, 6) is 0. The van der Waals surface area contributed by atoms with E-state index in [1.807, 2.05) is 17.6 Å². The first-order chi connectivity index (χ1) is 16.3. The van der Waals surface area contributed by atoms with Crippen molar-refractivity contribution in [2.24, 2.45) is 0 Å². The van der Waals surface area contributed by atoms with E-state index < -0.39 is 0 Å². The molecular formula is C31H27NOS. The molecule has 0 saturated carbocycles. The zero-order valence-electron chi connectivity index (χ0n) is 20.2. The molecule has 0 unspecified atom stereocenters. The standard InChI is InChI=1S/C31H27NOS/c1-18-17-33-30-28(18)24(29-19(2)34-27-13-9-8-12-23(27)29)16-26(32-30)21-14-20-10-6-7-11-22(20)25(15-21)31(3,4)5/h6-17H,1-5H3. The van der Waals surface area contributed by atoms with Crippen molar-refractivity contribution in [3.8, 4) is 22.4 Å². The molecule has 6 rings (SSSR count). The van der Waals surface area contributed by atoms with Crippen LogP contribution in [0.4, 0.5) is 0 Å². The highest BCUT2D eigenvalue weighted by Crippen LogP contribution is 2.44. The molecule has 0 N–H and O–H groups in total. The first kappa shape index (κ1) is 21.1. The Labute approximate surface area is 203 Å². The second-order valence-corrected chi connectivity index (χ2v) is 11.4. The first-order valence-corrected chi connectivity index (χ1v) is 12.5. The van der Waals surface area contributed by atoms with Gasteiger partial charge in [-0.25, -0.2) is 4.98 Å². The molecular weight excluding hydrogens is 434 g/mol. The number of thiophene rings is 1. The van der Waals surface area contributed by atoms with Gasteiger partial charge in [0.2, 0.25) is 5.71 Å². The summed E-state index contributed by atoms with van der Waals surface area (Å²) in [5, 5.41) is 4.93. The van der Waals surface area contributed by atoms with Gasteiger partial charge in [-0.1, -0.05) is 63.2 Å². The Morgan fingerprint density at radius 1 is 0.853 bits per heavy atom. The zero-order chi connectivity index (χ0) is 23.6. The van der Waals surface area contributed by atoms with Crippen LogP contribution in [0.2, 0.25) is 0 Å². The number of hydrogen-bond donors (Lipinski definition) is 0. The number of furan rings is 1. The third-order valence-electron chi connectivity index (χ3n) is 6.73. The van der Waals surface area contributed by atoms with Gasteiger partial charge in [0.05, 0.1) is 17.3 Å². The minimum atomic E-state index is 0.0178. The fraction of sp³-hybridized carbons (Fsp3) is 0.194. The Bertz CT molecular complexity index is 1710. The minimum Gasteiger partial charge on any atom is -0.446 e. The van der Waals surface area contributed by atoms with Gasteiger partial charge in [-0.05, 0) is 71.0 Å². The molecule has 0 spiro atoms. The number of aromatic nitrogens is 1. The summed E-state index contributed by atoms with van der Waals surface area (Å²) < 4.78 is 7.29. The van der Waals surface area contributed by atoms with Gasteiger partial charge in [0.15, 0.2) is 0 Å². The minimum absolute atomic E-state index is 0.0178. The van der Waals surface area contributed by atoms with Crippen LogP contribution in [0.3, 0.4) is 0 Å². The Balaban J connectivity index is 1.68. The lowest BCUT2D eigenvalue weighted by atomic mass is 9.82. The van der Waals surface area contributed by atoms with Crippen LogP contribution in [0.25, 0.3) is 54.3 Å². The maximum Gasteiger partial charge on any atom is 0.227 e. The van der Waals surface area contributed by atoms with Crippen molar-refractivity contribution in [1.29, 1.82) is 0 Å². The summed E-state index contributed by atoms with van der Waals surface area (Å²) in [6, 6.07) is 24.2. The highest BCUT2D eigenvalue weighted by Gasteiger charge is 2.22. The van der Waals surface area contributed by atoms with Crippen LogP contribution in [-0.2, 0) is 5.41 Å². The molecule has 2 nitrogen and oxygen atoms in total. The number of fused-ring (bicyclic) bond motifs is 3. The van der Waals surface area contributed by atoms with E-state index in [4.69, 9.17) is 9.40 Å². The number of hydrogen-bond acceptors (Lipinski definition) is 3. The van der Waals surface area contributed by atoms with Gasteiger partial charge < -0.3 is 4.42 Å². The van der Waals surface area contributed by atoms with Crippen molar-refractivity contribution in [2.45, 2.75) is 40.0 Å². The fourth-order valence-electron chi connectivity index (χ4n) is 5.12. The Kier molecular flexibility index (Phi) is 4.69. The topological polar surface area (TPSA) is 26.0 Å². The molecule has 3 aromatic heterocycles. The summed E-state index contributed by atoms with van der Waals surface area (Å²) >= 11 is 1.85. The maximum atomic E-state index is 5.98. The second kappa shape index (κ2) is 7.54. The summed E-state index contributed by atoms with van der Waals surface area (Å²) in [6.45, 7) is 11.1. The zero-order valence-corrected chi connectivity index (χ0v) is 21.0. The molecule has 0 radical (unpaired) electrons. The van der Waals surface area contributed by atoms with Crippen molar-refractivity contribution in [3.63, 3.8) is 0 Å². The smallest absolute Gasteiger partial charge is 0.227 e. The van der Waals surface area contributed by atoms with Crippen LogP contribution in [-0.4, -0.2) is 4.98 Å². The van der Waals surface area contributed by atoms with E-state index in [-0.39, 0.29) is 5.41 Å². The van der Waals surface area contributed by atoms with Gasteiger partial charge in [-0.3, -0.25) is 0 Å². The highest BCUT2D eigenvalue weighted by atomic mass is 32.1. The van der Waals surface area contributed by atoms with E-state index in [1.165, 1.54) is 42.4 Å². The lowest BCUT2D eigenvalue weighted by Gasteiger charge is -2.23. The fourth-order valence-corrected chi connectivity index (χ4v) is 6.20. The number of nitrogens with zero attached hydrogens (tertiary/aromatic N) is 1. The number of benzene rings is 3. The molecule has 0 aliphatic heterocycles. The Hall–Kier alpha value is -3.43. The lowest BCUT2D eigenvalue weighted by Crippen LogP contribution is -2.12. The molecule has 3 heteroatoms. The molecule has 3 heterocycles. The predicted octanol–water partition coefficient (Wildman–Crippen LogP) is 9.44. The molecule has 0 aliphatic rings. The Morgan fingerprint density at radius 2 is 1.59 bits per heavy atom. The molecule has 0 bridgehead atoms. The lowest BCUT2D eigenvalue weighted by molar-refractivity contribution is 0.596. The normalized spacial score (nSPS) is 12.3. The van der Waals surface area contributed by atoms with Crippen LogP contribution >= 0.6 is 11.3 Å². The third kappa shape index (κ3) is 3.26. The number of pyridine rings is 1. The van der Waals surface area contributed by atoms with E-state index >= 15 is 0 Å². The van der Waals surface area contributed by atoms with Gasteiger partial charge in [-0.2, -0.15) is 0 Å². The van der Waals surface area contributed by atoms with Gasteiger partial charge >= 0.3 is 0 Å². The molecule has 0 atom stereocenters. The largest absolute Gasteiger partial charge is 0.446 e. The van der Waals surface area contributed by atoms with Gasteiger partial charge in [-0.15, -0.1) is 11.3 Å². The van der Waals surface area contributed by atoms with Crippen LogP contribution in [0.5, 0.6) is 0 Å². The first-order valence-electron chi connectivity index (χ1n) is 11.7. The van der Waals surface area contributed by atoms with Crippen LogP contribution in [0, 0.1) is 13.8 Å². The molecule has 6 aromatic rings. The summed E-state index contributed by atoms with van der Waals surface area (Å²) in [5.41, 5.74) is 7.72. The molecule has 3 aromatic carbocycles. The summed E-state index contributed by atoms with van der Waals surface area (Å²) in [6.07, 6.45) is 1.83. The van der Waals surface area contributed by atoms with Crippen LogP contribution in [0.1, 0.15) is 36.8 Å². The summed E-state index contributed by atoms with van der Waals surface area (Å²) in [4.78, 5) is 6.33. The quantitative estimate of drug-likeness (QED) is 0.257. The second-order valence-electron chi connectivity index (χ2n) is 10.2. The number of aryl methyl sites for hydroxylation is 2. The average molecular weight is 462 g/mol. The molecule has 0 aliphatic carbocycles. The third-order valence-corrected chi connectivity index (χ3v) is 7.82. The van der Waals surface area contributed by atoms with Crippen molar-refractivity contribution < 1.29 is 4.42 Å². The van der Waals surface area contributed by atoms with Crippen molar-refractivity contribution in [1.82, 2.24) is 4.98 Å². The molecule has 0 saturated heterocycles. The van der Waals surface area contributed by atoms with Gasteiger partial charge in [0, 0.05) is 26.1 Å². The monoisotopic (exact) mass is 461 g/mol. The SMILES string of the molecule is Cc1sc2ccccc2c1-c1cc(-c2cc(C(C)(C)C)c3ccccc3c2)nc2occ(C)c12. The van der Waals surface area contributed by atoms with E-state index in [1.54, 1.807) is 0 Å². The van der Waals surface area contributed by atoms with Gasteiger partial charge in [0.1, 0.15) is 0 Å². The van der Waals surface area contributed by atoms with E-state index in [2.05, 4.69) is 101 Å². The van der Waals surface area contributed by atoms with Crippen molar-refractivity contribution in [2.75, 3.05) is 0 Å². The molecule has 168 valence electrons. The van der Waals surface area contributed by atoms with Crippen LogP contribution < -0.4 is 0 Å². The highest BCUT2D eigenvalue weighted by molar-refractivity contribution is 7.19. The van der Waals surface area contributed by atoms with E-state index in [0.717, 1.165) is 22.2 Å². The van der Waals surface area contributed by atoms with Crippen molar-refractivity contribution >= 4 is 43.3 Å². The van der Waals surface area contributed by atoms with E-state index in [9.17, 15) is 0 Å². The Morgan fingerprint density at radius 3 is 2.38 bits per heavy atom. The summed E-state index contributed by atoms with van der Waals surface area (Å²) in [7, 11) is 0. The molecule has 0 fully saturated rings. The number of rotatable bonds is 2. The van der Waals surface area contributed by atoms with Crippen LogP contribution in [0.15, 0.2) is 77.4 Å². The molecule has 0 amide bonds.